The SMILES string of the molecule is c1ccc2c(c1)Cc1cc3c(cc1-2)-c1ccc2c(nc4c5ccncc5c5ncccc5n24)c1C3. The lowest BCUT2D eigenvalue weighted by atomic mass is 9.98. The summed E-state index contributed by atoms with van der Waals surface area (Å²) in [7, 11) is 0. The molecule has 0 bridgehead atoms. The zero-order valence-electron chi connectivity index (χ0n) is 18.8. The fraction of sp³-hybridized carbons (Fsp3) is 0.0645. The number of hydrogen-bond acceptors (Lipinski definition) is 3. The van der Waals surface area contributed by atoms with Crippen LogP contribution in [-0.2, 0) is 12.8 Å². The Kier molecular flexibility index (Phi) is 3.11. The van der Waals surface area contributed by atoms with Gasteiger partial charge in [0.25, 0.3) is 0 Å². The van der Waals surface area contributed by atoms with Crippen LogP contribution in [0.2, 0.25) is 0 Å². The van der Waals surface area contributed by atoms with Crippen molar-refractivity contribution in [1.82, 2.24) is 19.4 Å². The molecule has 4 heteroatoms. The number of nitrogens with zero attached hydrogens (tertiary/aromatic N) is 4. The third kappa shape index (κ3) is 2.15. The van der Waals surface area contributed by atoms with Gasteiger partial charge in [-0.1, -0.05) is 36.4 Å². The van der Waals surface area contributed by atoms with Crippen molar-refractivity contribution in [1.29, 1.82) is 0 Å². The fourth-order valence-electron chi connectivity index (χ4n) is 6.44. The number of benzene rings is 3. The van der Waals surface area contributed by atoms with Crippen LogP contribution in [0.1, 0.15) is 22.3 Å². The van der Waals surface area contributed by atoms with E-state index in [0.717, 1.165) is 51.3 Å². The maximum atomic E-state index is 5.27. The summed E-state index contributed by atoms with van der Waals surface area (Å²) in [4.78, 5) is 14.4. The van der Waals surface area contributed by atoms with Crippen LogP contribution in [0.25, 0.3) is 60.7 Å². The molecule has 3 aromatic carbocycles. The highest BCUT2D eigenvalue weighted by Crippen LogP contribution is 2.46. The van der Waals surface area contributed by atoms with E-state index < -0.39 is 0 Å². The van der Waals surface area contributed by atoms with Crippen molar-refractivity contribution in [2.75, 3.05) is 0 Å². The standard InChI is InChI=1S/C31H18N4/c1-2-5-20-17(4-1)12-18-13-19-14-25-21(24(19)15-23(18)20)7-8-28-30(25)34-31-22-9-11-32-16-26(22)29-27(35(28)31)6-3-10-33-29/h1-11,13,15-16H,12,14H2. The number of rotatable bonds is 0. The highest BCUT2D eigenvalue weighted by atomic mass is 15.0. The molecule has 9 rings (SSSR count). The van der Waals surface area contributed by atoms with Crippen molar-refractivity contribution >= 4 is 38.5 Å². The molecule has 0 aliphatic heterocycles. The van der Waals surface area contributed by atoms with Crippen LogP contribution in [0, 0.1) is 0 Å². The van der Waals surface area contributed by atoms with E-state index in [1.165, 1.54) is 44.5 Å². The summed E-state index contributed by atoms with van der Waals surface area (Å²) in [6.45, 7) is 0. The molecule has 0 saturated carbocycles. The van der Waals surface area contributed by atoms with Crippen LogP contribution in [0.4, 0.5) is 0 Å². The molecule has 0 unspecified atom stereocenters. The number of fused-ring (bicyclic) bond motifs is 15. The van der Waals surface area contributed by atoms with E-state index in [9.17, 15) is 0 Å². The average Bonchev–Trinajstić information content (AvgIpc) is 3.58. The zero-order valence-corrected chi connectivity index (χ0v) is 18.8. The summed E-state index contributed by atoms with van der Waals surface area (Å²) in [6.07, 6.45) is 7.55. The van der Waals surface area contributed by atoms with Gasteiger partial charge in [0.05, 0.1) is 22.1 Å². The van der Waals surface area contributed by atoms with Crippen LogP contribution in [0.3, 0.4) is 0 Å². The molecule has 0 atom stereocenters. The van der Waals surface area contributed by atoms with E-state index in [0.29, 0.717) is 0 Å². The molecule has 4 aromatic heterocycles. The largest absolute Gasteiger partial charge is 0.290 e. The Morgan fingerprint density at radius 2 is 1.51 bits per heavy atom. The van der Waals surface area contributed by atoms with Gasteiger partial charge in [-0.25, -0.2) is 4.98 Å². The summed E-state index contributed by atoms with van der Waals surface area (Å²) < 4.78 is 2.28. The maximum Gasteiger partial charge on any atom is 0.146 e. The normalized spacial score (nSPS) is 13.5. The van der Waals surface area contributed by atoms with Gasteiger partial charge in [-0.3, -0.25) is 14.4 Å². The van der Waals surface area contributed by atoms with E-state index >= 15 is 0 Å². The minimum absolute atomic E-state index is 0.922. The third-order valence-electron chi connectivity index (χ3n) is 7.95. The molecule has 4 heterocycles. The molecule has 4 nitrogen and oxygen atoms in total. The van der Waals surface area contributed by atoms with E-state index in [4.69, 9.17) is 9.97 Å². The Morgan fingerprint density at radius 1 is 0.629 bits per heavy atom. The van der Waals surface area contributed by atoms with Gasteiger partial charge in [-0.15, -0.1) is 0 Å². The van der Waals surface area contributed by atoms with Crippen molar-refractivity contribution in [3.05, 3.63) is 108 Å². The van der Waals surface area contributed by atoms with E-state index in [1.807, 2.05) is 24.7 Å². The van der Waals surface area contributed by atoms with Crippen molar-refractivity contribution < 1.29 is 0 Å². The number of aromatic nitrogens is 4. The molecule has 0 N–H and O–H groups in total. The Hall–Kier alpha value is -4.57. The minimum atomic E-state index is 0.922. The zero-order chi connectivity index (χ0) is 22.7. The molecule has 162 valence electrons. The molecule has 0 radical (unpaired) electrons. The molecule has 7 aromatic rings. The molecule has 35 heavy (non-hydrogen) atoms. The van der Waals surface area contributed by atoms with Gasteiger partial charge in [-0.05, 0) is 81.3 Å². The van der Waals surface area contributed by atoms with Crippen molar-refractivity contribution in [2.24, 2.45) is 0 Å². The highest BCUT2D eigenvalue weighted by molar-refractivity contribution is 6.12. The molecule has 0 saturated heterocycles. The van der Waals surface area contributed by atoms with E-state index in [2.05, 4.69) is 70.0 Å². The molecular weight excluding hydrogens is 428 g/mol. The number of pyridine rings is 3. The maximum absolute atomic E-state index is 5.27. The number of imidazole rings is 1. The lowest BCUT2D eigenvalue weighted by Gasteiger charge is -2.08. The van der Waals surface area contributed by atoms with Crippen LogP contribution >= 0.6 is 0 Å². The Labute approximate surface area is 200 Å². The summed E-state index contributed by atoms with van der Waals surface area (Å²) in [5, 5.41) is 2.13. The van der Waals surface area contributed by atoms with Gasteiger partial charge < -0.3 is 0 Å². The van der Waals surface area contributed by atoms with Gasteiger partial charge in [0.1, 0.15) is 5.65 Å². The molecule has 0 fully saturated rings. The van der Waals surface area contributed by atoms with Crippen LogP contribution in [-0.4, -0.2) is 19.4 Å². The summed E-state index contributed by atoms with van der Waals surface area (Å²) in [5.74, 6) is 0. The van der Waals surface area contributed by atoms with E-state index in [1.54, 1.807) is 0 Å². The van der Waals surface area contributed by atoms with Crippen LogP contribution in [0.15, 0.2) is 85.3 Å². The molecule has 2 aliphatic carbocycles. The average molecular weight is 447 g/mol. The Bertz CT molecular complexity index is 2070. The monoisotopic (exact) mass is 446 g/mol. The first kappa shape index (κ1) is 17.8. The quantitative estimate of drug-likeness (QED) is 0.243. The summed E-state index contributed by atoms with van der Waals surface area (Å²) in [6, 6.07) is 24.4. The van der Waals surface area contributed by atoms with Crippen molar-refractivity contribution in [2.45, 2.75) is 12.8 Å². The predicted molar refractivity (Wildman–Crippen MR) is 140 cm³/mol. The lowest BCUT2D eigenvalue weighted by Crippen LogP contribution is -1.93. The van der Waals surface area contributed by atoms with Crippen molar-refractivity contribution in [3.8, 4) is 22.3 Å². The van der Waals surface area contributed by atoms with E-state index in [-0.39, 0.29) is 0 Å². The summed E-state index contributed by atoms with van der Waals surface area (Å²) >= 11 is 0. The summed E-state index contributed by atoms with van der Waals surface area (Å²) in [5.41, 5.74) is 16.3. The van der Waals surface area contributed by atoms with Crippen LogP contribution < -0.4 is 0 Å². The molecule has 0 spiro atoms. The molecule has 0 amide bonds. The van der Waals surface area contributed by atoms with Gasteiger partial charge in [0.2, 0.25) is 0 Å². The first-order valence-electron chi connectivity index (χ1n) is 12.0. The Morgan fingerprint density at radius 3 is 2.51 bits per heavy atom. The highest BCUT2D eigenvalue weighted by Gasteiger charge is 2.28. The van der Waals surface area contributed by atoms with Gasteiger partial charge in [-0.2, -0.15) is 0 Å². The predicted octanol–water partition coefficient (Wildman–Crippen LogP) is 6.73. The third-order valence-corrected chi connectivity index (χ3v) is 7.95. The van der Waals surface area contributed by atoms with Gasteiger partial charge in [0, 0.05) is 35.8 Å². The van der Waals surface area contributed by atoms with Crippen LogP contribution in [0.5, 0.6) is 0 Å². The molecule has 2 aliphatic rings. The van der Waals surface area contributed by atoms with Gasteiger partial charge >= 0.3 is 0 Å². The Balaban J connectivity index is 1.36. The second-order valence-electron chi connectivity index (χ2n) is 9.70. The second-order valence-corrected chi connectivity index (χ2v) is 9.70. The minimum Gasteiger partial charge on any atom is -0.290 e. The molecular formula is C31H18N4. The second kappa shape index (κ2) is 6.10. The van der Waals surface area contributed by atoms with Crippen molar-refractivity contribution in [3.63, 3.8) is 0 Å². The first-order chi connectivity index (χ1) is 17.3. The topological polar surface area (TPSA) is 43.1 Å². The lowest BCUT2D eigenvalue weighted by molar-refractivity contribution is 1.22. The first-order valence-corrected chi connectivity index (χ1v) is 12.0. The fourth-order valence-corrected chi connectivity index (χ4v) is 6.44. The number of hydrogen-bond donors (Lipinski definition) is 0. The smallest absolute Gasteiger partial charge is 0.146 e. The van der Waals surface area contributed by atoms with Gasteiger partial charge in [0.15, 0.2) is 0 Å².